The smallest absolute Gasteiger partial charge is 0.228 e. The van der Waals surface area contributed by atoms with Crippen molar-refractivity contribution in [2.75, 3.05) is 31.1 Å². The van der Waals surface area contributed by atoms with Crippen LogP contribution in [0.3, 0.4) is 0 Å². The highest BCUT2D eigenvalue weighted by molar-refractivity contribution is 5.95. The van der Waals surface area contributed by atoms with Crippen molar-refractivity contribution in [1.29, 1.82) is 0 Å². The van der Waals surface area contributed by atoms with Crippen LogP contribution in [0.5, 0.6) is 0 Å². The van der Waals surface area contributed by atoms with Crippen LogP contribution in [0.25, 0.3) is 0 Å². The fourth-order valence-electron chi connectivity index (χ4n) is 3.64. The number of carbonyl (C=O) groups excluding carboxylic acids is 1. The number of amides is 1. The minimum absolute atomic E-state index is 0.204. The van der Waals surface area contributed by atoms with E-state index in [1.165, 1.54) is 5.56 Å². The maximum Gasteiger partial charge on any atom is 0.228 e. The van der Waals surface area contributed by atoms with Gasteiger partial charge in [0.15, 0.2) is 0 Å². The van der Waals surface area contributed by atoms with E-state index >= 15 is 0 Å². The van der Waals surface area contributed by atoms with Crippen molar-refractivity contribution in [2.45, 2.75) is 38.7 Å². The average Bonchev–Trinajstić information content (AvgIpc) is 2.97. The highest BCUT2D eigenvalue weighted by atomic mass is 16.3. The van der Waals surface area contributed by atoms with Gasteiger partial charge in [-0.25, -0.2) is 0 Å². The number of para-hydroxylation sites is 1. The van der Waals surface area contributed by atoms with Gasteiger partial charge < -0.3 is 14.9 Å². The molecule has 0 radical (unpaired) electrons. The molecule has 1 amide bonds. The quantitative estimate of drug-likeness (QED) is 0.926. The van der Waals surface area contributed by atoms with E-state index in [1.807, 2.05) is 30.0 Å². The minimum atomic E-state index is -0.204. The Labute approximate surface area is 132 Å². The number of anilines is 1. The van der Waals surface area contributed by atoms with Crippen molar-refractivity contribution < 1.29 is 9.90 Å². The van der Waals surface area contributed by atoms with Gasteiger partial charge in [0, 0.05) is 25.2 Å². The summed E-state index contributed by atoms with van der Waals surface area (Å²) in [6.45, 7) is 5.54. The third-order valence-corrected chi connectivity index (χ3v) is 5.14. The Hall–Kier alpha value is -1.39. The first-order valence-electron chi connectivity index (χ1n) is 8.44. The van der Waals surface area contributed by atoms with Gasteiger partial charge in [-0.3, -0.25) is 4.79 Å². The molecule has 1 unspecified atom stereocenters. The zero-order valence-corrected chi connectivity index (χ0v) is 13.4. The molecule has 22 heavy (non-hydrogen) atoms. The standard InChI is InChI=1S/C18H26N2O2/c1-14(21)15-6-10-19(11-7-15)12-9-18(22)20-13-8-16-4-2-3-5-17(16)20/h2-5,14-15,21H,6-13H2,1H3. The molecule has 1 N–H and O–H groups in total. The number of piperidine rings is 1. The van der Waals surface area contributed by atoms with Gasteiger partial charge >= 0.3 is 0 Å². The van der Waals surface area contributed by atoms with E-state index in [1.54, 1.807) is 0 Å². The zero-order valence-electron chi connectivity index (χ0n) is 13.4. The third kappa shape index (κ3) is 3.33. The average molecular weight is 302 g/mol. The van der Waals surface area contributed by atoms with Crippen molar-refractivity contribution in [2.24, 2.45) is 5.92 Å². The summed E-state index contributed by atoms with van der Waals surface area (Å²) in [4.78, 5) is 16.8. The molecule has 0 bridgehead atoms. The Balaban J connectivity index is 1.48. The largest absolute Gasteiger partial charge is 0.393 e. The monoisotopic (exact) mass is 302 g/mol. The second-order valence-corrected chi connectivity index (χ2v) is 6.59. The number of carbonyl (C=O) groups is 1. The number of nitrogens with zero attached hydrogens (tertiary/aromatic N) is 2. The number of aliphatic hydroxyl groups excluding tert-OH is 1. The Morgan fingerprint density at radius 1 is 1.27 bits per heavy atom. The van der Waals surface area contributed by atoms with Crippen molar-refractivity contribution in [3.8, 4) is 0 Å². The van der Waals surface area contributed by atoms with E-state index in [4.69, 9.17) is 0 Å². The Morgan fingerprint density at radius 2 is 2.00 bits per heavy atom. The second kappa shape index (κ2) is 6.80. The van der Waals surface area contributed by atoms with Crippen LogP contribution in [0.2, 0.25) is 0 Å². The van der Waals surface area contributed by atoms with Crippen LogP contribution in [0.4, 0.5) is 5.69 Å². The summed E-state index contributed by atoms with van der Waals surface area (Å²) in [7, 11) is 0. The maximum absolute atomic E-state index is 12.5. The maximum atomic E-state index is 12.5. The lowest BCUT2D eigenvalue weighted by Gasteiger charge is -2.33. The second-order valence-electron chi connectivity index (χ2n) is 6.59. The molecule has 1 aromatic rings. The number of rotatable bonds is 4. The van der Waals surface area contributed by atoms with Gasteiger partial charge in [0.05, 0.1) is 6.10 Å². The predicted molar refractivity (Wildman–Crippen MR) is 88.0 cm³/mol. The molecule has 2 aliphatic rings. The van der Waals surface area contributed by atoms with E-state index in [0.717, 1.165) is 51.1 Å². The highest BCUT2D eigenvalue weighted by Gasteiger charge is 2.26. The molecule has 1 saturated heterocycles. The fraction of sp³-hybridized carbons (Fsp3) is 0.611. The zero-order chi connectivity index (χ0) is 15.5. The third-order valence-electron chi connectivity index (χ3n) is 5.14. The van der Waals surface area contributed by atoms with E-state index < -0.39 is 0 Å². The summed E-state index contributed by atoms with van der Waals surface area (Å²) in [5.74, 6) is 0.667. The molecule has 2 heterocycles. The van der Waals surface area contributed by atoms with Crippen LogP contribution in [-0.4, -0.2) is 48.2 Å². The highest BCUT2D eigenvalue weighted by Crippen LogP contribution is 2.28. The van der Waals surface area contributed by atoms with Gasteiger partial charge in [-0.15, -0.1) is 0 Å². The molecule has 1 aromatic carbocycles. The number of hydrogen-bond donors (Lipinski definition) is 1. The number of hydrogen-bond acceptors (Lipinski definition) is 3. The molecule has 4 nitrogen and oxygen atoms in total. The van der Waals surface area contributed by atoms with Gasteiger partial charge in [0.2, 0.25) is 5.91 Å². The first kappa shape index (κ1) is 15.5. The van der Waals surface area contributed by atoms with Crippen molar-refractivity contribution >= 4 is 11.6 Å². The topological polar surface area (TPSA) is 43.8 Å². The van der Waals surface area contributed by atoms with Crippen LogP contribution in [0, 0.1) is 5.92 Å². The Kier molecular flexibility index (Phi) is 4.79. The van der Waals surface area contributed by atoms with Crippen LogP contribution in [0.15, 0.2) is 24.3 Å². The molecule has 0 aromatic heterocycles. The molecular weight excluding hydrogens is 276 g/mol. The number of likely N-dealkylation sites (tertiary alicyclic amines) is 1. The Morgan fingerprint density at radius 3 is 2.73 bits per heavy atom. The molecule has 0 aliphatic carbocycles. The van der Waals surface area contributed by atoms with Gasteiger partial charge in [0.1, 0.15) is 0 Å². The summed E-state index contributed by atoms with van der Waals surface area (Å²) < 4.78 is 0. The molecule has 1 atom stereocenters. The molecule has 0 spiro atoms. The number of benzene rings is 1. The van der Waals surface area contributed by atoms with Crippen molar-refractivity contribution in [3.05, 3.63) is 29.8 Å². The SMILES string of the molecule is CC(O)C1CCN(CCC(=O)N2CCc3ccccc32)CC1. The summed E-state index contributed by atoms with van der Waals surface area (Å²) in [5.41, 5.74) is 2.38. The molecule has 4 heteroatoms. The van der Waals surface area contributed by atoms with E-state index in [9.17, 15) is 9.90 Å². The summed E-state index contributed by atoms with van der Waals surface area (Å²) in [6, 6.07) is 8.21. The molecule has 1 fully saturated rings. The first-order valence-corrected chi connectivity index (χ1v) is 8.44. The van der Waals surface area contributed by atoms with Crippen LogP contribution < -0.4 is 4.90 Å². The lowest BCUT2D eigenvalue weighted by atomic mass is 9.92. The number of fused-ring (bicyclic) bond motifs is 1. The van der Waals surface area contributed by atoms with Gasteiger partial charge in [-0.05, 0) is 56.8 Å². The van der Waals surface area contributed by atoms with Crippen LogP contribution in [-0.2, 0) is 11.2 Å². The summed E-state index contributed by atoms with van der Waals surface area (Å²) in [6.07, 6.45) is 3.44. The first-order chi connectivity index (χ1) is 10.6. The summed E-state index contributed by atoms with van der Waals surface area (Å²) >= 11 is 0. The fourth-order valence-corrected chi connectivity index (χ4v) is 3.64. The van der Waals surface area contributed by atoms with Gasteiger partial charge in [-0.2, -0.15) is 0 Å². The lowest BCUT2D eigenvalue weighted by molar-refractivity contribution is -0.119. The van der Waals surface area contributed by atoms with Gasteiger partial charge in [-0.1, -0.05) is 18.2 Å². The van der Waals surface area contributed by atoms with Gasteiger partial charge in [0.25, 0.3) is 0 Å². The molecule has 2 aliphatic heterocycles. The molecule has 0 saturated carbocycles. The molecular formula is C18H26N2O2. The van der Waals surface area contributed by atoms with Crippen molar-refractivity contribution in [1.82, 2.24) is 4.90 Å². The number of aliphatic hydroxyl groups is 1. The summed E-state index contributed by atoms with van der Waals surface area (Å²) in [5, 5.41) is 9.64. The van der Waals surface area contributed by atoms with Crippen molar-refractivity contribution in [3.63, 3.8) is 0 Å². The predicted octanol–water partition coefficient (Wildman–Crippen LogP) is 2.06. The Bertz CT molecular complexity index is 522. The van der Waals surface area contributed by atoms with Crippen LogP contribution >= 0.6 is 0 Å². The normalized spacial score (nSPS) is 20.9. The van der Waals surface area contributed by atoms with E-state index in [-0.39, 0.29) is 12.0 Å². The lowest BCUT2D eigenvalue weighted by Crippen LogP contribution is -2.39. The van der Waals surface area contributed by atoms with E-state index in [0.29, 0.717) is 12.3 Å². The molecule has 3 rings (SSSR count). The van der Waals surface area contributed by atoms with E-state index in [2.05, 4.69) is 11.0 Å². The van der Waals surface area contributed by atoms with Crippen LogP contribution in [0.1, 0.15) is 31.7 Å². The minimum Gasteiger partial charge on any atom is -0.393 e. The molecule has 120 valence electrons.